The molecule has 0 fully saturated rings. The number of benzene rings is 2. The molecule has 0 unspecified atom stereocenters. The second-order valence-electron chi connectivity index (χ2n) is 4.89. The Morgan fingerprint density at radius 1 is 0.952 bits per heavy atom. The molecule has 0 aliphatic heterocycles. The summed E-state index contributed by atoms with van der Waals surface area (Å²) in [5.41, 5.74) is -0.570. The normalized spacial score (nSPS) is 11.6. The van der Waals surface area contributed by atoms with Gasteiger partial charge in [0.05, 0.1) is 25.4 Å². The molecule has 0 spiro atoms. The van der Waals surface area contributed by atoms with Crippen molar-refractivity contribution in [2.24, 2.45) is 0 Å². The molecule has 0 saturated heterocycles. The second kappa shape index (κ2) is 6.09. The molecule has 0 amide bonds. The van der Waals surface area contributed by atoms with E-state index in [1.54, 1.807) is 30.3 Å². The van der Waals surface area contributed by atoms with E-state index in [0.717, 1.165) is 0 Å². The van der Waals surface area contributed by atoms with E-state index in [4.69, 9.17) is 0 Å². The number of carboxylic acids is 1. The third kappa shape index (κ3) is 2.82. The Kier molecular flexibility index (Phi) is 4.42. The molecule has 6 heteroatoms. The van der Waals surface area contributed by atoms with Gasteiger partial charge in [-0.3, -0.25) is 0 Å². The monoisotopic (exact) mass is 291 g/mol. The first kappa shape index (κ1) is 15.2. The molecule has 0 radical (unpaired) electrons. The zero-order valence-electron chi connectivity index (χ0n) is 11.3. The van der Waals surface area contributed by atoms with E-state index >= 15 is 0 Å². The van der Waals surface area contributed by atoms with Crippen LogP contribution in [0.5, 0.6) is 0 Å². The highest BCUT2D eigenvalue weighted by Gasteiger charge is 2.28. The fourth-order valence-electron chi connectivity index (χ4n) is 2.15. The van der Waals surface area contributed by atoms with Gasteiger partial charge in [0.15, 0.2) is 0 Å². The summed E-state index contributed by atoms with van der Waals surface area (Å²) in [6.07, 6.45) is 0. The van der Waals surface area contributed by atoms with E-state index in [2.05, 4.69) is 5.32 Å². The minimum Gasteiger partial charge on any atom is -0.478 e. The van der Waals surface area contributed by atoms with Crippen molar-refractivity contribution in [3.8, 4) is 0 Å². The number of hydrogen-bond donors (Lipinski definition) is 5. The predicted octanol–water partition coefficient (Wildman–Crippen LogP) is 0.666. The topological polar surface area (TPSA) is 110 Å². The Hall–Kier alpha value is -2.15. The van der Waals surface area contributed by atoms with Crippen LogP contribution in [0.3, 0.4) is 0 Å². The quantitative estimate of drug-likeness (QED) is 0.535. The van der Waals surface area contributed by atoms with E-state index in [1.165, 1.54) is 6.07 Å². The standard InChI is InChI=1S/C15H17NO5/c17-7-15(8-18,9-19)16-13-6-5-12(14(20)21)10-3-1-2-4-11(10)13/h1-6,16-19H,7-9H2,(H,20,21). The third-order valence-electron chi connectivity index (χ3n) is 3.46. The smallest absolute Gasteiger partial charge is 0.336 e. The van der Waals surface area contributed by atoms with Crippen molar-refractivity contribution in [2.45, 2.75) is 5.54 Å². The molecule has 0 aliphatic rings. The fraction of sp³-hybridized carbons (Fsp3) is 0.267. The van der Waals surface area contributed by atoms with Gasteiger partial charge in [0.2, 0.25) is 0 Å². The van der Waals surface area contributed by atoms with Crippen LogP contribution in [-0.2, 0) is 0 Å². The molecule has 0 aromatic heterocycles. The number of fused-ring (bicyclic) bond motifs is 1. The molecule has 0 aliphatic carbocycles. The number of anilines is 1. The molecule has 2 aromatic rings. The number of carboxylic acid groups (broad SMARTS) is 1. The number of rotatable bonds is 6. The van der Waals surface area contributed by atoms with Gasteiger partial charge in [-0.1, -0.05) is 24.3 Å². The molecule has 0 saturated carbocycles. The number of aromatic carboxylic acids is 1. The van der Waals surface area contributed by atoms with Gasteiger partial charge >= 0.3 is 5.97 Å². The Morgan fingerprint density at radius 3 is 2.05 bits per heavy atom. The number of nitrogens with one attached hydrogen (secondary N) is 1. The Bertz CT molecular complexity index is 643. The highest BCUT2D eigenvalue weighted by atomic mass is 16.4. The maximum atomic E-state index is 11.2. The lowest BCUT2D eigenvalue weighted by atomic mass is 9.99. The van der Waals surface area contributed by atoms with Crippen molar-refractivity contribution in [2.75, 3.05) is 25.1 Å². The van der Waals surface area contributed by atoms with E-state index < -0.39 is 31.3 Å². The van der Waals surface area contributed by atoms with Crippen LogP contribution < -0.4 is 5.32 Å². The number of hydrogen-bond acceptors (Lipinski definition) is 5. The van der Waals surface area contributed by atoms with Crippen LogP contribution in [0.25, 0.3) is 10.8 Å². The summed E-state index contributed by atoms with van der Waals surface area (Å²) >= 11 is 0. The van der Waals surface area contributed by atoms with Crippen LogP contribution in [0, 0.1) is 0 Å². The first-order valence-corrected chi connectivity index (χ1v) is 6.43. The Morgan fingerprint density at radius 2 is 1.52 bits per heavy atom. The van der Waals surface area contributed by atoms with Crippen LogP contribution in [0.1, 0.15) is 10.4 Å². The lowest BCUT2D eigenvalue weighted by Crippen LogP contribution is -2.49. The van der Waals surface area contributed by atoms with E-state index in [9.17, 15) is 25.2 Å². The summed E-state index contributed by atoms with van der Waals surface area (Å²) in [4.78, 5) is 11.2. The second-order valence-corrected chi connectivity index (χ2v) is 4.89. The molecule has 0 atom stereocenters. The molecule has 0 heterocycles. The maximum absolute atomic E-state index is 11.2. The molecule has 21 heavy (non-hydrogen) atoms. The van der Waals surface area contributed by atoms with E-state index in [0.29, 0.717) is 16.5 Å². The summed E-state index contributed by atoms with van der Waals surface area (Å²) in [6, 6.07) is 9.92. The summed E-state index contributed by atoms with van der Waals surface area (Å²) in [6.45, 7) is -1.39. The largest absolute Gasteiger partial charge is 0.478 e. The molecule has 6 nitrogen and oxygen atoms in total. The SMILES string of the molecule is O=C(O)c1ccc(NC(CO)(CO)CO)c2ccccc12. The summed E-state index contributed by atoms with van der Waals surface area (Å²) in [7, 11) is 0. The minimum absolute atomic E-state index is 0.166. The van der Waals surface area contributed by atoms with Gasteiger partial charge in [0.25, 0.3) is 0 Å². The molecule has 2 aromatic carbocycles. The van der Waals surface area contributed by atoms with Gasteiger partial charge < -0.3 is 25.7 Å². The predicted molar refractivity (Wildman–Crippen MR) is 78.5 cm³/mol. The van der Waals surface area contributed by atoms with Crippen molar-refractivity contribution in [3.05, 3.63) is 42.0 Å². The van der Waals surface area contributed by atoms with Crippen LogP contribution in [0.2, 0.25) is 0 Å². The molecular weight excluding hydrogens is 274 g/mol. The van der Waals surface area contributed by atoms with Crippen molar-refractivity contribution < 1.29 is 25.2 Å². The lowest BCUT2D eigenvalue weighted by Gasteiger charge is -2.30. The molecule has 5 N–H and O–H groups in total. The van der Waals surface area contributed by atoms with Crippen LogP contribution in [-0.4, -0.2) is 51.8 Å². The van der Waals surface area contributed by atoms with Gasteiger partial charge in [-0.2, -0.15) is 0 Å². The zero-order valence-corrected chi connectivity index (χ0v) is 11.3. The zero-order chi connectivity index (χ0) is 15.5. The first-order valence-electron chi connectivity index (χ1n) is 6.43. The fourth-order valence-corrected chi connectivity index (χ4v) is 2.15. The first-order chi connectivity index (χ1) is 10.1. The van der Waals surface area contributed by atoms with E-state index in [-0.39, 0.29) is 5.56 Å². The Balaban J connectivity index is 2.56. The van der Waals surface area contributed by atoms with Gasteiger partial charge in [-0.25, -0.2) is 4.79 Å². The average Bonchev–Trinajstić information content (AvgIpc) is 2.52. The lowest BCUT2D eigenvalue weighted by molar-refractivity contribution is 0.0698. The number of aliphatic hydroxyl groups excluding tert-OH is 3. The maximum Gasteiger partial charge on any atom is 0.336 e. The average molecular weight is 291 g/mol. The van der Waals surface area contributed by atoms with Crippen molar-refractivity contribution >= 4 is 22.4 Å². The van der Waals surface area contributed by atoms with Gasteiger partial charge in [-0.05, 0) is 17.5 Å². The van der Waals surface area contributed by atoms with Crippen molar-refractivity contribution in [1.82, 2.24) is 0 Å². The van der Waals surface area contributed by atoms with Gasteiger partial charge in [0, 0.05) is 11.1 Å². The number of aliphatic hydroxyl groups is 3. The number of carbonyl (C=O) groups is 1. The summed E-state index contributed by atoms with van der Waals surface area (Å²) in [5, 5.41) is 41.4. The van der Waals surface area contributed by atoms with Gasteiger partial charge in [-0.15, -0.1) is 0 Å². The summed E-state index contributed by atoms with van der Waals surface area (Å²) < 4.78 is 0. The van der Waals surface area contributed by atoms with Gasteiger partial charge in [0.1, 0.15) is 5.54 Å². The molecular formula is C15H17NO5. The van der Waals surface area contributed by atoms with Crippen LogP contribution in [0.4, 0.5) is 5.69 Å². The van der Waals surface area contributed by atoms with E-state index in [1.807, 2.05) is 0 Å². The minimum atomic E-state index is -1.27. The molecule has 2 rings (SSSR count). The molecule has 0 bridgehead atoms. The van der Waals surface area contributed by atoms with Crippen molar-refractivity contribution in [3.63, 3.8) is 0 Å². The molecule has 112 valence electrons. The van der Waals surface area contributed by atoms with Crippen LogP contribution >= 0.6 is 0 Å². The highest BCUT2D eigenvalue weighted by Crippen LogP contribution is 2.28. The highest BCUT2D eigenvalue weighted by molar-refractivity contribution is 6.07. The Labute approximate surface area is 121 Å². The summed E-state index contributed by atoms with van der Waals surface area (Å²) in [5.74, 6) is -1.03. The third-order valence-corrected chi connectivity index (χ3v) is 3.46. The van der Waals surface area contributed by atoms with Crippen molar-refractivity contribution in [1.29, 1.82) is 0 Å². The van der Waals surface area contributed by atoms with Crippen LogP contribution in [0.15, 0.2) is 36.4 Å².